The average Bonchev–Trinajstić information content (AvgIpc) is 3.15. The molecule has 3 rings (SSSR count). The van der Waals surface area contributed by atoms with Crippen molar-refractivity contribution in [2.24, 2.45) is 0 Å². The number of hydrogen-bond donors (Lipinski definition) is 6. The molecule has 0 saturated carbocycles. The van der Waals surface area contributed by atoms with E-state index < -0.39 is 52.4 Å². The van der Waals surface area contributed by atoms with Crippen molar-refractivity contribution in [3.63, 3.8) is 0 Å². The van der Waals surface area contributed by atoms with Gasteiger partial charge in [-0.25, -0.2) is 14.1 Å². The number of imidazole rings is 1. The molecule has 0 aliphatic carbocycles. The summed E-state index contributed by atoms with van der Waals surface area (Å²) in [5.41, 5.74) is 4.59. The van der Waals surface area contributed by atoms with Crippen LogP contribution >= 0.6 is 15.6 Å². The highest BCUT2D eigenvalue weighted by atomic mass is 31.3. The summed E-state index contributed by atoms with van der Waals surface area (Å²) in [6.45, 7) is -0.893. The molecule has 2 aromatic heterocycles. The number of nitrogen functional groups attached to an aromatic ring is 1. The number of fused-ring (bicyclic) bond motifs is 1. The molecule has 0 aromatic carbocycles. The predicted octanol–water partition coefficient (Wildman–Crippen LogP) is -2.92. The van der Waals surface area contributed by atoms with E-state index in [9.17, 15) is 29.0 Å². The van der Waals surface area contributed by atoms with Gasteiger partial charge in [0.05, 0.1) is 12.9 Å². The highest BCUT2D eigenvalue weighted by Gasteiger charge is 2.46. The fraction of sp³-hybridized carbons (Fsp3) is 0.545. The van der Waals surface area contributed by atoms with Gasteiger partial charge in [-0.3, -0.25) is 13.9 Å². The molecule has 0 spiro atoms. The number of nitrogens with two attached hydrogens (primary N) is 1. The molecule has 0 radical (unpaired) electrons. The smallest absolute Gasteiger partial charge is 0.412 e. The van der Waals surface area contributed by atoms with E-state index in [4.69, 9.17) is 25.1 Å². The minimum Gasteiger partial charge on any atom is -0.412 e. The lowest BCUT2D eigenvalue weighted by atomic mass is 10.1. The predicted molar refractivity (Wildman–Crippen MR) is 93.5 cm³/mol. The van der Waals surface area contributed by atoms with Crippen molar-refractivity contribution in [1.82, 2.24) is 19.3 Å². The van der Waals surface area contributed by atoms with Crippen LogP contribution in [0.2, 0.25) is 0 Å². The minimum absolute atomic E-state index is 0.0644. The molecule has 1 aliphatic heterocycles. The first-order valence-electron chi connectivity index (χ1n) is 7.90. The second-order valence-corrected chi connectivity index (χ2v) is 8.79. The van der Waals surface area contributed by atoms with Crippen LogP contribution in [0.4, 0.5) is 5.95 Å². The Bertz CT molecular complexity index is 1100. The first kappa shape index (κ1) is 22.8. The molecular formula is C11H17N5O12P2. The van der Waals surface area contributed by atoms with Crippen LogP contribution in [0.15, 0.2) is 11.1 Å². The standard InChI is InChI=1S/C11H17N5O12P2/c1-25-16-9-5(8(19)14-11(16)12)13-3-15(9)10-7(18)6(17)4(27-10)2-26-30(23,24)28-29(20,21)22/h3-4,6-7,10,17-18H,2H2,1H3,(H,23,24)(H2,12,14,19)(H2,20,21,22)/t4-,6-,7-,10-/m1/s1. The second kappa shape index (κ2) is 7.97. The van der Waals surface area contributed by atoms with Gasteiger partial charge < -0.3 is 40.2 Å². The number of phosphoric acid groups is 2. The summed E-state index contributed by atoms with van der Waals surface area (Å²) in [7, 11) is -9.32. The van der Waals surface area contributed by atoms with Gasteiger partial charge in [0.1, 0.15) is 25.4 Å². The van der Waals surface area contributed by atoms with Crippen molar-refractivity contribution in [3.05, 3.63) is 16.7 Å². The molecule has 1 fully saturated rings. The van der Waals surface area contributed by atoms with Crippen molar-refractivity contribution in [2.45, 2.75) is 24.5 Å². The fourth-order valence-electron chi connectivity index (χ4n) is 2.81. The van der Waals surface area contributed by atoms with Gasteiger partial charge in [-0.1, -0.05) is 0 Å². The number of aliphatic hydroxyl groups excluding tert-OH is 2. The number of aromatic nitrogens is 4. The summed E-state index contributed by atoms with van der Waals surface area (Å²) < 4.78 is 37.7. The van der Waals surface area contributed by atoms with E-state index in [-0.39, 0.29) is 17.1 Å². The van der Waals surface area contributed by atoms with E-state index in [2.05, 4.69) is 18.8 Å². The number of anilines is 1. The molecule has 0 bridgehead atoms. The van der Waals surface area contributed by atoms with Gasteiger partial charge in [-0.15, -0.1) is 4.73 Å². The minimum atomic E-state index is -5.34. The topological polar surface area (TPSA) is 251 Å². The Labute approximate surface area is 166 Å². The van der Waals surface area contributed by atoms with E-state index in [1.54, 1.807) is 0 Å². The largest absolute Gasteiger partial charge is 0.481 e. The van der Waals surface area contributed by atoms with Crippen LogP contribution in [0.5, 0.6) is 0 Å². The first-order valence-corrected chi connectivity index (χ1v) is 10.9. The molecular weight excluding hydrogens is 456 g/mol. The Morgan fingerprint density at radius 3 is 2.53 bits per heavy atom. The second-order valence-electron chi connectivity index (χ2n) is 5.96. The summed E-state index contributed by atoms with van der Waals surface area (Å²) in [6, 6.07) is 0. The number of aliphatic hydroxyl groups is 2. The molecule has 168 valence electrons. The van der Waals surface area contributed by atoms with Crippen LogP contribution in [-0.2, 0) is 22.7 Å². The quantitative estimate of drug-likeness (QED) is 0.220. The summed E-state index contributed by atoms with van der Waals surface area (Å²) in [5, 5.41) is 20.5. The van der Waals surface area contributed by atoms with Crippen molar-refractivity contribution < 1.29 is 52.4 Å². The van der Waals surface area contributed by atoms with Crippen LogP contribution in [0.1, 0.15) is 6.23 Å². The van der Waals surface area contributed by atoms with Crippen LogP contribution in [0.25, 0.3) is 11.2 Å². The van der Waals surface area contributed by atoms with Crippen molar-refractivity contribution >= 4 is 32.8 Å². The van der Waals surface area contributed by atoms with Gasteiger partial charge in [-0.2, -0.15) is 9.29 Å². The first-order chi connectivity index (χ1) is 13.8. The number of hydrogen-bond acceptors (Lipinski definition) is 12. The molecule has 3 heterocycles. The maximum atomic E-state index is 12.0. The molecule has 17 nitrogen and oxygen atoms in total. The molecule has 30 heavy (non-hydrogen) atoms. The number of nitrogens with zero attached hydrogens (tertiary/aromatic N) is 4. The average molecular weight is 473 g/mol. The van der Waals surface area contributed by atoms with E-state index in [1.807, 2.05) is 0 Å². The molecule has 1 aliphatic rings. The Balaban J connectivity index is 1.87. The third-order valence-electron chi connectivity index (χ3n) is 3.99. The van der Waals surface area contributed by atoms with E-state index in [0.29, 0.717) is 0 Å². The molecule has 1 unspecified atom stereocenters. The van der Waals surface area contributed by atoms with Gasteiger partial charge in [0, 0.05) is 0 Å². The molecule has 2 aromatic rings. The lowest BCUT2D eigenvalue weighted by molar-refractivity contribution is -0.0512. The van der Waals surface area contributed by atoms with Crippen molar-refractivity contribution in [3.8, 4) is 0 Å². The molecule has 1 saturated heterocycles. The third-order valence-corrected chi connectivity index (χ3v) is 6.14. The lowest BCUT2D eigenvalue weighted by Gasteiger charge is -2.19. The summed E-state index contributed by atoms with van der Waals surface area (Å²) >= 11 is 0. The third kappa shape index (κ3) is 4.40. The lowest BCUT2D eigenvalue weighted by Crippen LogP contribution is -2.34. The summed E-state index contributed by atoms with van der Waals surface area (Å²) in [6.07, 6.45) is -5.07. The van der Waals surface area contributed by atoms with Gasteiger partial charge >= 0.3 is 21.2 Å². The maximum Gasteiger partial charge on any atom is 0.481 e. The normalized spacial score (nSPS) is 26.7. The highest BCUT2D eigenvalue weighted by molar-refractivity contribution is 7.60. The van der Waals surface area contributed by atoms with E-state index in [0.717, 1.165) is 15.6 Å². The van der Waals surface area contributed by atoms with Crippen LogP contribution in [-0.4, -0.2) is 76.2 Å². The van der Waals surface area contributed by atoms with Gasteiger partial charge in [0.25, 0.3) is 0 Å². The Morgan fingerprint density at radius 2 is 1.93 bits per heavy atom. The zero-order valence-corrected chi connectivity index (χ0v) is 16.7. The van der Waals surface area contributed by atoms with Gasteiger partial charge in [-0.05, 0) is 0 Å². The molecule has 19 heteroatoms. The number of rotatable bonds is 7. The van der Waals surface area contributed by atoms with Crippen molar-refractivity contribution in [2.75, 3.05) is 19.5 Å². The SMILES string of the molecule is COn1c(N)nc(=O)c2ncn([C@@H]3O[C@H](COP(=O)(O)OP(=O)(O)O)[C@@H](O)[C@H]3O)c21. The monoisotopic (exact) mass is 473 g/mol. The van der Waals surface area contributed by atoms with Crippen molar-refractivity contribution in [1.29, 1.82) is 0 Å². The Kier molecular flexibility index (Phi) is 6.05. The zero-order valence-electron chi connectivity index (χ0n) is 14.9. The maximum absolute atomic E-state index is 12.0. The van der Waals surface area contributed by atoms with Gasteiger partial charge in [0.2, 0.25) is 5.95 Å². The van der Waals surface area contributed by atoms with Crippen LogP contribution in [0.3, 0.4) is 0 Å². The number of ether oxygens (including phenoxy) is 1. The Hall–Kier alpha value is -1.91. The number of phosphoric ester groups is 1. The highest BCUT2D eigenvalue weighted by Crippen LogP contribution is 2.57. The molecule has 0 amide bonds. The summed E-state index contributed by atoms with van der Waals surface area (Å²) in [4.78, 5) is 50.9. The van der Waals surface area contributed by atoms with Crippen LogP contribution in [0, 0.1) is 0 Å². The molecule has 7 N–H and O–H groups in total. The fourth-order valence-corrected chi connectivity index (χ4v) is 4.41. The molecule has 5 atom stereocenters. The van der Waals surface area contributed by atoms with Gasteiger partial charge in [0.15, 0.2) is 17.4 Å². The van der Waals surface area contributed by atoms with Crippen LogP contribution < -0.4 is 16.1 Å². The van der Waals surface area contributed by atoms with E-state index in [1.165, 1.54) is 7.11 Å². The van der Waals surface area contributed by atoms with E-state index >= 15 is 0 Å². The Morgan fingerprint density at radius 1 is 1.27 bits per heavy atom. The summed E-state index contributed by atoms with van der Waals surface area (Å²) in [5.74, 6) is -0.333. The zero-order chi connectivity index (χ0) is 22.4.